The molecule has 0 saturated heterocycles. The Balaban J connectivity index is 0.000000200. The Kier molecular flexibility index (Phi) is 7.60. The molecule has 4 rings (SSSR count). The minimum absolute atomic E-state index is 0. The molecule has 2 heterocycles. The average molecular weight is 422 g/mol. The topological polar surface area (TPSA) is 0 Å². The van der Waals surface area contributed by atoms with E-state index in [0.29, 0.717) is 24.9 Å². The van der Waals surface area contributed by atoms with Crippen molar-refractivity contribution in [3.8, 4) is 0 Å². The standard InChI is InChI=1S/C10H18P2.2C5H5.Zr/c1-9(2,3)7-11-8(12(7)11)10(4,5)6;2*1-2-4-5-3-1;/h1-6H3;2*1-5H;/q-2;-5;-1;. The molecule has 130 valence electrons. The Bertz CT molecular complexity index is 582. The molecule has 0 aliphatic carbocycles. The van der Waals surface area contributed by atoms with Crippen LogP contribution in [0.15, 0.2) is 60.7 Å². The van der Waals surface area contributed by atoms with Crippen LogP contribution < -0.4 is 0 Å². The molecule has 0 nitrogen and oxygen atoms in total. The molecule has 3 heteroatoms. The first-order valence-electron chi connectivity index (χ1n) is 7.93. The monoisotopic (exact) mass is 420 g/mol. The van der Waals surface area contributed by atoms with Crippen LogP contribution in [0.1, 0.15) is 51.6 Å². The summed E-state index contributed by atoms with van der Waals surface area (Å²) in [6, 6.07) is 20.0. The fourth-order valence-corrected chi connectivity index (χ4v) is 13.3. The summed E-state index contributed by atoms with van der Waals surface area (Å²) < 4.78 is 0. The normalized spacial score (nSPS) is 13.1. The number of rotatable bonds is 0. The molecule has 0 N–H and O–H groups in total. The van der Waals surface area contributed by atoms with Gasteiger partial charge in [-0.2, -0.15) is 18.2 Å². The van der Waals surface area contributed by atoms with Gasteiger partial charge in [-0.3, -0.25) is 0 Å². The SMILES string of the molecule is CC(C)(C)[c-]1p2[c-](C(C)(C)C)p12.[Zr].[cH-]1[cH-][cH-][cH-][cH-]1.c1cc[cH-]c1. The second-order valence-electron chi connectivity index (χ2n) is 7.70. The second kappa shape index (κ2) is 8.34. The minimum Gasteiger partial charge on any atom is -0.748 e. The van der Waals surface area contributed by atoms with Gasteiger partial charge in [-0.1, -0.05) is 41.5 Å². The zero-order chi connectivity index (χ0) is 16.4. The summed E-state index contributed by atoms with van der Waals surface area (Å²) in [5, 5.41) is 3.88. The van der Waals surface area contributed by atoms with Crippen LogP contribution in [0.25, 0.3) is 0 Å². The first kappa shape index (κ1) is 21.0. The summed E-state index contributed by atoms with van der Waals surface area (Å²) in [7, 11) is 0.783. The van der Waals surface area contributed by atoms with E-state index in [-0.39, 0.29) is 26.2 Å². The van der Waals surface area contributed by atoms with Gasteiger partial charge in [0.05, 0.1) is 0 Å². The molecular weight excluding hydrogens is 393 g/mol. The molecule has 0 amide bonds. The predicted molar refractivity (Wildman–Crippen MR) is 104 cm³/mol. The third-order valence-corrected chi connectivity index (χ3v) is 12.1. The molecule has 0 bridgehead atoms. The molecular formula is C20H28P2Zr-8. The Morgan fingerprint density at radius 3 is 1.13 bits per heavy atom. The van der Waals surface area contributed by atoms with Crippen molar-refractivity contribution in [2.24, 2.45) is 0 Å². The summed E-state index contributed by atoms with van der Waals surface area (Å²) in [6.07, 6.45) is 0. The zero-order valence-corrected chi connectivity index (χ0v) is 19.4. The summed E-state index contributed by atoms with van der Waals surface area (Å²) >= 11 is 0. The summed E-state index contributed by atoms with van der Waals surface area (Å²) in [4.78, 5) is 0. The van der Waals surface area contributed by atoms with Crippen LogP contribution in [0.2, 0.25) is 0 Å². The van der Waals surface area contributed by atoms with Crippen LogP contribution in [0.5, 0.6) is 0 Å². The molecule has 0 aliphatic rings. The Hall–Kier alpha value is -0.0769. The largest absolute Gasteiger partial charge is 0.748 e. The maximum absolute atomic E-state index is 2.37. The third-order valence-electron chi connectivity index (χ3n) is 3.38. The van der Waals surface area contributed by atoms with Crippen molar-refractivity contribution in [3.63, 3.8) is 0 Å². The maximum Gasteiger partial charge on any atom is 0 e. The van der Waals surface area contributed by atoms with Gasteiger partial charge >= 0.3 is 0 Å². The van der Waals surface area contributed by atoms with Crippen LogP contribution in [-0.2, 0) is 37.0 Å². The van der Waals surface area contributed by atoms with E-state index in [1.54, 1.807) is 0 Å². The Morgan fingerprint density at radius 1 is 0.652 bits per heavy atom. The molecule has 0 unspecified atom stereocenters. The van der Waals surface area contributed by atoms with Crippen LogP contribution >= 0.6 is 14.0 Å². The van der Waals surface area contributed by atoms with Gasteiger partial charge in [0.15, 0.2) is 0 Å². The van der Waals surface area contributed by atoms with Crippen molar-refractivity contribution in [1.29, 1.82) is 0 Å². The van der Waals surface area contributed by atoms with Gasteiger partial charge in [0, 0.05) is 26.2 Å². The van der Waals surface area contributed by atoms with Gasteiger partial charge in [0.1, 0.15) is 0 Å². The van der Waals surface area contributed by atoms with E-state index >= 15 is 0 Å². The van der Waals surface area contributed by atoms with E-state index in [2.05, 4.69) is 41.5 Å². The second-order valence-corrected chi connectivity index (χ2v) is 13.8. The van der Waals surface area contributed by atoms with Crippen molar-refractivity contribution in [3.05, 3.63) is 70.7 Å². The molecule has 0 atom stereocenters. The minimum atomic E-state index is 0. The smallest absolute Gasteiger partial charge is 0 e. The van der Waals surface area contributed by atoms with E-state index in [4.69, 9.17) is 0 Å². The van der Waals surface area contributed by atoms with Gasteiger partial charge in [-0.25, -0.2) is 12.1 Å². The van der Waals surface area contributed by atoms with Gasteiger partial charge in [-0.05, 0) is 0 Å². The van der Waals surface area contributed by atoms with Crippen LogP contribution in [-0.4, -0.2) is 0 Å². The molecule has 23 heavy (non-hydrogen) atoms. The summed E-state index contributed by atoms with van der Waals surface area (Å²) in [6.45, 7) is 14.2. The fraction of sp³-hybridized carbons (Fsp3) is 0.400. The van der Waals surface area contributed by atoms with Crippen LogP contribution in [0, 0.1) is 0 Å². The Labute approximate surface area is 162 Å². The Morgan fingerprint density at radius 2 is 0.957 bits per heavy atom. The summed E-state index contributed by atoms with van der Waals surface area (Å²) in [5.41, 5.74) is 1.07. The van der Waals surface area contributed by atoms with Crippen molar-refractivity contribution in [2.75, 3.05) is 0 Å². The first-order chi connectivity index (χ1) is 10.2. The zero-order valence-electron chi connectivity index (χ0n) is 15.2. The molecule has 2 aromatic carbocycles. The number of hydrogen-bond donors (Lipinski definition) is 0. The number of fused-ring (bicyclic) bond motifs is 1. The predicted octanol–water partition coefficient (Wildman–Crippen LogP) is 7.69. The van der Waals surface area contributed by atoms with E-state index in [9.17, 15) is 0 Å². The molecule has 2 aromatic heterocycles. The molecule has 0 saturated carbocycles. The van der Waals surface area contributed by atoms with E-state index in [1.165, 1.54) is 0 Å². The quantitative estimate of drug-likeness (QED) is 0.255. The van der Waals surface area contributed by atoms with Crippen molar-refractivity contribution in [2.45, 2.75) is 52.4 Å². The van der Waals surface area contributed by atoms with Crippen LogP contribution in [0.3, 0.4) is 0 Å². The molecule has 4 aromatic rings. The molecule has 0 aliphatic heterocycles. The van der Waals surface area contributed by atoms with Crippen molar-refractivity contribution >= 4 is 14.0 Å². The van der Waals surface area contributed by atoms with Crippen molar-refractivity contribution in [1.82, 2.24) is 0 Å². The third kappa shape index (κ3) is 6.05. The van der Waals surface area contributed by atoms with E-state index in [0.717, 1.165) is 0 Å². The molecule has 0 radical (unpaired) electrons. The van der Waals surface area contributed by atoms with Gasteiger partial charge < -0.3 is 54.4 Å². The average Bonchev–Trinajstić information content (AvgIpc) is 3.07. The van der Waals surface area contributed by atoms with Gasteiger partial charge in [0.25, 0.3) is 0 Å². The fourth-order valence-electron chi connectivity index (χ4n) is 2.36. The molecule has 0 spiro atoms. The van der Waals surface area contributed by atoms with E-state index in [1.807, 2.05) is 70.7 Å². The van der Waals surface area contributed by atoms with E-state index < -0.39 is 0 Å². The van der Waals surface area contributed by atoms with Gasteiger partial charge in [0.2, 0.25) is 0 Å². The van der Waals surface area contributed by atoms with Gasteiger partial charge in [-0.15, -0.1) is 10.8 Å². The molecule has 0 fully saturated rings. The number of hydrogen-bond acceptors (Lipinski definition) is 0. The van der Waals surface area contributed by atoms with Crippen molar-refractivity contribution < 1.29 is 26.2 Å². The first-order valence-corrected chi connectivity index (χ1v) is 11.3. The summed E-state index contributed by atoms with van der Waals surface area (Å²) in [5.74, 6) is 0. The maximum atomic E-state index is 2.37. The van der Waals surface area contributed by atoms with Crippen LogP contribution in [0.4, 0.5) is 0 Å².